The van der Waals surface area contributed by atoms with Gasteiger partial charge in [-0.1, -0.05) is 6.07 Å². The van der Waals surface area contributed by atoms with Crippen molar-refractivity contribution in [3.63, 3.8) is 0 Å². The lowest BCUT2D eigenvalue weighted by Gasteiger charge is -2.30. The van der Waals surface area contributed by atoms with Crippen LogP contribution in [0.2, 0.25) is 0 Å². The highest BCUT2D eigenvalue weighted by molar-refractivity contribution is 5.52. The number of aryl methyl sites for hydroxylation is 1. The average molecular weight is 332 g/mol. The Kier molecular flexibility index (Phi) is 4.24. The number of anilines is 2. The third-order valence-corrected chi connectivity index (χ3v) is 4.43. The minimum absolute atomic E-state index is 0.717. The zero-order valence-corrected chi connectivity index (χ0v) is 14.2. The second-order valence-corrected chi connectivity index (χ2v) is 6.22. The fraction of sp³-hybridized carbons (Fsp3) is 0.263. The molecule has 1 N–H and O–H groups in total. The molecule has 0 amide bonds. The lowest BCUT2D eigenvalue weighted by atomic mass is 10.1. The number of pyridine rings is 2. The zero-order chi connectivity index (χ0) is 17.1. The first-order valence-electron chi connectivity index (χ1n) is 8.43. The van der Waals surface area contributed by atoms with Gasteiger partial charge in [0.1, 0.15) is 18.0 Å². The van der Waals surface area contributed by atoms with E-state index in [1.54, 1.807) is 18.7 Å². The van der Waals surface area contributed by atoms with Crippen LogP contribution >= 0.6 is 0 Å². The average Bonchev–Trinajstić information content (AvgIpc) is 2.67. The number of rotatable bonds is 4. The highest BCUT2D eigenvalue weighted by Gasteiger charge is 2.21. The number of aromatic nitrogens is 4. The van der Waals surface area contributed by atoms with Crippen LogP contribution in [0.15, 0.2) is 49.2 Å². The molecule has 1 aliphatic rings. The molecule has 6 nitrogen and oxygen atoms in total. The van der Waals surface area contributed by atoms with E-state index in [1.165, 1.54) is 11.1 Å². The van der Waals surface area contributed by atoms with Gasteiger partial charge in [0.25, 0.3) is 0 Å². The van der Waals surface area contributed by atoms with E-state index in [-0.39, 0.29) is 0 Å². The van der Waals surface area contributed by atoms with E-state index in [0.717, 1.165) is 48.9 Å². The van der Waals surface area contributed by atoms with E-state index in [0.29, 0.717) is 0 Å². The molecule has 0 aromatic carbocycles. The van der Waals surface area contributed by atoms with E-state index in [4.69, 9.17) is 0 Å². The minimum Gasteiger partial charge on any atom is -0.366 e. The standard InChI is InChI=1S/C19H20N6/c1-14-2-3-18(21-10-14)25-9-6-17-16(12-25)19(24-13-23-17)22-11-15-4-7-20-8-5-15/h2-5,7-8,10,13H,6,9,11-12H2,1H3,(H,22,23,24). The lowest BCUT2D eigenvalue weighted by molar-refractivity contribution is 0.697. The molecule has 6 heteroatoms. The first-order chi connectivity index (χ1) is 12.3. The molecule has 0 fully saturated rings. The van der Waals surface area contributed by atoms with E-state index < -0.39 is 0 Å². The maximum absolute atomic E-state index is 4.56. The number of fused-ring (bicyclic) bond motifs is 1. The van der Waals surface area contributed by atoms with Gasteiger partial charge in [-0.15, -0.1) is 0 Å². The van der Waals surface area contributed by atoms with E-state index in [9.17, 15) is 0 Å². The predicted octanol–water partition coefficient (Wildman–Crippen LogP) is 2.75. The fourth-order valence-electron chi connectivity index (χ4n) is 3.02. The molecule has 0 unspecified atom stereocenters. The topological polar surface area (TPSA) is 66.8 Å². The van der Waals surface area contributed by atoms with Crippen LogP contribution < -0.4 is 10.2 Å². The summed E-state index contributed by atoms with van der Waals surface area (Å²) in [7, 11) is 0. The summed E-state index contributed by atoms with van der Waals surface area (Å²) in [5.74, 6) is 1.90. The highest BCUT2D eigenvalue weighted by Crippen LogP contribution is 2.26. The molecule has 1 aliphatic heterocycles. The van der Waals surface area contributed by atoms with Crippen LogP contribution in [0.25, 0.3) is 0 Å². The molecule has 0 saturated carbocycles. The summed E-state index contributed by atoms with van der Waals surface area (Å²) in [6.07, 6.45) is 8.06. The number of hydrogen-bond acceptors (Lipinski definition) is 6. The molecule has 0 radical (unpaired) electrons. The van der Waals surface area contributed by atoms with Gasteiger partial charge < -0.3 is 10.2 Å². The second-order valence-electron chi connectivity index (χ2n) is 6.22. The van der Waals surface area contributed by atoms with Crippen molar-refractivity contribution >= 4 is 11.6 Å². The summed E-state index contributed by atoms with van der Waals surface area (Å²) in [5.41, 5.74) is 4.63. The van der Waals surface area contributed by atoms with E-state index in [1.807, 2.05) is 18.3 Å². The minimum atomic E-state index is 0.717. The van der Waals surface area contributed by atoms with Crippen LogP contribution in [0.3, 0.4) is 0 Å². The highest BCUT2D eigenvalue weighted by atomic mass is 15.2. The Morgan fingerprint density at radius 2 is 1.96 bits per heavy atom. The van der Waals surface area contributed by atoms with Crippen molar-refractivity contribution in [2.24, 2.45) is 0 Å². The maximum atomic E-state index is 4.56. The summed E-state index contributed by atoms with van der Waals surface area (Å²) in [4.78, 5) is 19.8. The van der Waals surface area contributed by atoms with Crippen molar-refractivity contribution in [1.82, 2.24) is 19.9 Å². The molecule has 126 valence electrons. The Morgan fingerprint density at radius 3 is 2.76 bits per heavy atom. The Morgan fingerprint density at radius 1 is 1.08 bits per heavy atom. The predicted molar refractivity (Wildman–Crippen MR) is 97.3 cm³/mol. The third-order valence-electron chi connectivity index (χ3n) is 4.43. The third kappa shape index (κ3) is 3.42. The summed E-state index contributed by atoms with van der Waals surface area (Å²) >= 11 is 0. The Balaban J connectivity index is 1.55. The van der Waals surface area contributed by atoms with Gasteiger partial charge in [-0.05, 0) is 36.2 Å². The summed E-state index contributed by atoms with van der Waals surface area (Å²) in [6.45, 7) is 4.46. The van der Waals surface area contributed by atoms with Crippen LogP contribution in [-0.4, -0.2) is 26.5 Å². The zero-order valence-electron chi connectivity index (χ0n) is 14.2. The lowest BCUT2D eigenvalue weighted by Crippen LogP contribution is -2.32. The number of nitrogens with one attached hydrogen (secondary N) is 1. The normalized spacial score (nSPS) is 13.4. The monoisotopic (exact) mass is 332 g/mol. The Hall–Kier alpha value is -3.02. The van der Waals surface area contributed by atoms with Crippen molar-refractivity contribution in [3.05, 3.63) is 71.6 Å². The van der Waals surface area contributed by atoms with Gasteiger partial charge in [0, 0.05) is 50.2 Å². The van der Waals surface area contributed by atoms with E-state index >= 15 is 0 Å². The largest absolute Gasteiger partial charge is 0.366 e. The van der Waals surface area contributed by atoms with Crippen molar-refractivity contribution < 1.29 is 0 Å². The quantitative estimate of drug-likeness (QED) is 0.792. The van der Waals surface area contributed by atoms with E-state index in [2.05, 4.69) is 49.2 Å². The molecule has 0 spiro atoms. The molecular formula is C19H20N6. The summed E-state index contributed by atoms with van der Waals surface area (Å²) in [6, 6.07) is 8.18. The maximum Gasteiger partial charge on any atom is 0.134 e. The van der Waals surface area contributed by atoms with Crippen molar-refractivity contribution in [3.8, 4) is 0 Å². The van der Waals surface area contributed by atoms with Crippen molar-refractivity contribution in [2.75, 3.05) is 16.8 Å². The first-order valence-corrected chi connectivity index (χ1v) is 8.43. The first kappa shape index (κ1) is 15.5. The molecule has 4 rings (SSSR count). The number of nitrogens with zero attached hydrogens (tertiary/aromatic N) is 5. The fourth-order valence-corrected chi connectivity index (χ4v) is 3.02. The molecule has 0 bridgehead atoms. The molecule has 0 atom stereocenters. The van der Waals surface area contributed by atoms with Crippen LogP contribution in [-0.2, 0) is 19.5 Å². The molecule has 0 aliphatic carbocycles. The SMILES string of the molecule is Cc1ccc(N2CCc3ncnc(NCc4ccncc4)c3C2)nc1. The van der Waals surface area contributed by atoms with Gasteiger partial charge >= 0.3 is 0 Å². The van der Waals surface area contributed by atoms with Gasteiger partial charge in [-0.3, -0.25) is 4.98 Å². The van der Waals surface area contributed by atoms with Gasteiger partial charge in [0.2, 0.25) is 0 Å². The molecule has 25 heavy (non-hydrogen) atoms. The summed E-state index contributed by atoms with van der Waals surface area (Å²) < 4.78 is 0. The molecule has 3 aromatic heterocycles. The van der Waals surface area contributed by atoms with Gasteiger partial charge in [-0.2, -0.15) is 0 Å². The second kappa shape index (κ2) is 6.84. The van der Waals surface area contributed by atoms with Gasteiger partial charge in [0.15, 0.2) is 0 Å². The van der Waals surface area contributed by atoms with Crippen LogP contribution in [0.4, 0.5) is 11.6 Å². The van der Waals surface area contributed by atoms with Gasteiger partial charge in [0.05, 0.1) is 5.69 Å². The molecule has 3 aromatic rings. The van der Waals surface area contributed by atoms with Crippen molar-refractivity contribution in [1.29, 1.82) is 0 Å². The number of hydrogen-bond donors (Lipinski definition) is 1. The van der Waals surface area contributed by atoms with Crippen LogP contribution in [0.1, 0.15) is 22.4 Å². The molecule has 4 heterocycles. The molecular weight excluding hydrogens is 312 g/mol. The van der Waals surface area contributed by atoms with Gasteiger partial charge in [-0.25, -0.2) is 15.0 Å². The molecule has 0 saturated heterocycles. The Bertz CT molecular complexity index is 848. The van der Waals surface area contributed by atoms with Crippen molar-refractivity contribution in [2.45, 2.75) is 26.4 Å². The van der Waals surface area contributed by atoms with Crippen LogP contribution in [0.5, 0.6) is 0 Å². The Labute approximate surface area is 147 Å². The smallest absolute Gasteiger partial charge is 0.134 e. The summed E-state index contributed by atoms with van der Waals surface area (Å²) in [5, 5.41) is 3.44. The van der Waals surface area contributed by atoms with Crippen LogP contribution in [0, 0.1) is 6.92 Å².